The van der Waals surface area contributed by atoms with Crippen LogP contribution < -0.4 is 4.90 Å². The van der Waals surface area contributed by atoms with E-state index >= 15 is 0 Å². The second kappa shape index (κ2) is 10.9. The van der Waals surface area contributed by atoms with Gasteiger partial charge in [0.25, 0.3) is 0 Å². The van der Waals surface area contributed by atoms with Gasteiger partial charge in [0.1, 0.15) is 6.61 Å². The van der Waals surface area contributed by atoms with Crippen molar-refractivity contribution in [2.24, 2.45) is 11.8 Å². The summed E-state index contributed by atoms with van der Waals surface area (Å²) in [5, 5.41) is 8.68. The first-order chi connectivity index (χ1) is 15.0. The first kappa shape index (κ1) is 22.7. The quantitative estimate of drug-likeness (QED) is 0.623. The number of halogens is 2. The van der Waals surface area contributed by atoms with E-state index in [-0.39, 0.29) is 30.7 Å². The Morgan fingerprint density at radius 3 is 2.42 bits per heavy atom. The molecule has 1 saturated carbocycles. The third kappa shape index (κ3) is 6.24. The van der Waals surface area contributed by atoms with Crippen LogP contribution in [0.1, 0.15) is 25.7 Å². The van der Waals surface area contributed by atoms with Crippen molar-refractivity contribution in [1.29, 1.82) is 0 Å². The van der Waals surface area contributed by atoms with Crippen molar-refractivity contribution in [3.05, 3.63) is 60.2 Å². The van der Waals surface area contributed by atoms with E-state index < -0.39 is 23.7 Å². The highest BCUT2D eigenvalue weighted by atomic mass is 19.2. The van der Waals surface area contributed by atoms with Gasteiger partial charge in [0.2, 0.25) is 0 Å². The molecular formula is C23H25F2NO5. The van der Waals surface area contributed by atoms with Crippen LogP contribution in [-0.4, -0.2) is 37.0 Å². The minimum Gasteiger partial charge on any atom is -0.480 e. The molecule has 6 nitrogen and oxygen atoms in total. The maximum absolute atomic E-state index is 14.4. The van der Waals surface area contributed by atoms with Crippen molar-refractivity contribution < 1.29 is 33.0 Å². The van der Waals surface area contributed by atoms with Crippen molar-refractivity contribution in [2.75, 3.05) is 24.7 Å². The zero-order valence-corrected chi connectivity index (χ0v) is 17.0. The molecule has 2 aromatic rings. The molecular weight excluding hydrogens is 408 g/mol. The third-order valence-electron chi connectivity index (χ3n) is 5.28. The number of hydrogen-bond donors (Lipinski definition) is 1. The Kier molecular flexibility index (Phi) is 7.94. The number of hydrogen-bond acceptors (Lipinski definition) is 4. The van der Waals surface area contributed by atoms with Gasteiger partial charge in [0.05, 0.1) is 24.6 Å². The maximum Gasteiger partial charge on any atom is 0.419 e. The van der Waals surface area contributed by atoms with Crippen LogP contribution in [0.4, 0.5) is 25.0 Å². The Balaban J connectivity index is 1.66. The highest BCUT2D eigenvalue weighted by Gasteiger charge is 2.27. The number of amides is 1. The minimum atomic E-state index is -1.13. The molecule has 1 amide bonds. The molecule has 3 rings (SSSR count). The number of aliphatic carboxylic acids is 1. The zero-order valence-electron chi connectivity index (χ0n) is 17.0. The molecule has 0 radical (unpaired) electrons. The van der Waals surface area contributed by atoms with Crippen molar-refractivity contribution in [1.82, 2.24) is 0 Å². The van der Waals surface area contributed by atoms with Gasteiger partial charge in [-0.25, -0.2) is 23.3 Å². The molecule has 0 spiro atoms. The lowest BCUT2D eigenvalue weighted by atomic mass is 9.82. The van der Waals surface area contributed by atoms with Crippen LogP contribution >= 0.6 is 0 Å². The molecule has 0 aromatic heterocycles. The molecule has 0 aliphatic heterocycles. The van der Waals surface area contributed by atoms with Crippen molar-refractivity contribution in [3.8, 4) is 0 Å². The molecule has 166 valence electrons. The van der Waals surface area contributed by atoms with E-state index in [9.17, 15) is 18.4 Å². The predicted octanol–water partition coefficient (Wildman–Crippen LogP) is 5.15. The smallest absolute Gasteiger partial charge is 0.419 e. The summed E-state index contributed by atoms with van der Waals surface area (Å²) in [6, 6.07) is 12.0. The SMILES string of the molecule is O=C(O)COCC1CCCC(COC(=O)N(c2ccccc2)c2cccc(F)c2F)C1. The topological polar surface area (TPSA) is 76.1 Å². The Bertz CT molecular complexity index is 893. The number of nitrogens with zero attached hydrogens (tertiary/aromatic N) is 1. The molecule has 0 heterocycles. The van der Waals surface area contributed by atoms with Gasteiger partial charge in [-0.1, -0.05) is 30.7 Å². The molecule has 0 saturated heterocycles. The number of anilines is 2. The van der Waals surface area contributed by atoms with Crippen molar-refractivity contribution in [3.63, 3.8) is 0 Å². The van der Waals surface area contributed by atoms with E-state index in [4.69, 9.17) is 14.6 Å². The minimum absolute atomic E-state index is 0.0890. The number of carbonyl (C=O) groups is 2. The van der Waals surface area contributed by atoms with E-state index in [0.717, 1.165) is 36.6 Å². The van der Waals surface area contributed by atoms with Gasteiger partial charge in [0, 0.05) is 0 Å². The summed E-state index contributed by atoms with van der Waals surface area (Å²) in [5.41, 5.74) is 0.139. The summed E-state index contributed by atoms with van der Waals surface area (Å²) in [4.78, 5) is 24.5. The molecule has 31 heavy (non-hydrogen) atoms. The second-order valence-corrected chi connectivity index (χ2v) is 7.63. The summed E-state index contributed by atoms with van der Waals surface area (Å²) < 4.78 is 38.9. The lowest BCUT2D eigenvalue weighted by molar-refractivity contribution is -0.142. The summed E-state index contributed by atoms with van der Waals surface area (Å²) in [5.74, 6) is -2.90. The fourth-order valence-corrected chi connectivity index (χ4v) is 3.86. The van der Waals surface area contributed by atoms with Crippen LogP contribution in [0.25, 0.3) is 0 Å². The number of carbonyl (C=O) groups excluding carboxylic acids is 1. The lowest BCUT2D eigenvalue weighted by Crippen LogP contribution is -2.31. The van der Waals surface area contributed by atoms with Gasteiger partial charge in [-0.15, -0.1) is 0 Å². The van der Waals surface area contributed by atoms with Crippen LogP contribution in [0.3, 0.4) is 0 Å². The van der Waals surface area contributed by atoms with Gasteiger partial charge in [-0.3, -0.25) is 0 Å². The molecule has 2 aromatic carbocycles. The molecule has 1 fully saturated rings. The fraction of sp³-hybridized carbons (Fsp3) is 0.391. The first-order valence-corrected chi connectivity index (χ1v) is 10.2. The van der Waals surface area contributed by atoms with Gasteiger partial charge < -0.3 is 14.6 Å². The largest absolute Gasteiger partial charge is 0.480 e. The van der Waals surface area contributed by atoms with E-state index in [1.54, 1.807) is 30.3 Å². The normalized spacial score (nSPS) is 18.4. The maximum atomic E-state index is 14.4. The van der Waals surface area contributed by atoms with Crippen molar-refractivity contribution in [2.45, 2.75) is 25.7 Å². The predicted molar refractivity (Wildman–Crippen MR) is 110 cm³/mol. The standard InChI is InChI=1S/C23H25F2NO5/c24-19-10-5-11-20(22(19)25)26(18-8-2-1-3-9-18)23(29)31-14-17-7-4-6-16(12-17)13-30-15-21(27)28/h1-3,5,8-11,16-17H,4,6-7,12-15H2,(H,27,28). The summed E-state index contributed by atoms with van der Waals surface area (Å²) in [6.45, 7) is 0.150. The average Bonchev–Trinajstić information content (AvgIpc) is 2.76. The number of para-hydroxylation sites is 1. The van der Waals surface area contributed by atoms with E-state index in [1.807, 2.05) is 0 Å². The van der Waals surface area contributed by atoms with Crippen LogP contribution in [0.5, 0.6) is 0 Å². The van der Waals surface area contributed by atoms with Crippen molar-refractivity contribution >= 4 is 23.4 Å². The number of ether oxygens (including phenoxy) is 2. The van der Waals surface area contributed by atoms with Crippen LogP contribution in [0, 0.1) is 23.5 Å². The van der Waals surface area contributed by atoms with E-state index in [1.165, 1.54) is 12.1 Å². The Morgan fingerprint density at radius 1 is 1.00 bits per heavy atom. The third-order valence-corrected chi connectivity index (χ3v) is 5.28. The lowest BCUT2D eigenvalue weighted by Gasteiger charge is -2.29. The molecule has 2 unspecified atom stereocenters. The summed E-state index contributed by atoms with van der Waals surface area (Å²) in [6.07, 6.45) is 2.66. The number of rotatable bonds is 8. The van der Waals surface area contributed by atoms with E-state index in [2.05, 4.69) is 0 Å². The highest BCUT2D eigenvalue weighted by Crippen LogP contribution is 2.32. The van der Waals surface area contributed by atoms with E-state index in [0.29, 0.717) is 12.3 Å². The van der Waals surface area contributed by atoms with Crippen LogP contribution in [0.15, 0.2) is 48.5 Å². The molecule has 2 atom stereocenters. The molecule has 1 aliphatic carbocycles. The molecule has 1 aliphatic rings. The van der Waals surface area contributed by atoms with Gasteiger partial charge >= 0.3 is 12.1 Å². The molecule has 1 N–H and O–H groups in total. The second-order valence-electron chi connectivity index (χ2n) is 7.63. The van der Waals surface area contributed by atoms with Crippen LogP contribution in [0.2, 0.25) is 0 Å². The first-order valence-electron chi connectivity index (χ1n) is 10.2. The van der Waals surface area contributed by atoms with Gasteiger partial charge in [0.15, 0.2) is 11.6 Å². The Hall–Kier alpha value is -3.00. The van der Waals surface area contributed by atoms with Gasteiger partial charge in [-0.05, 0) is 55.4 Å². The Labute approximate surface area is 179 Å². The number of benzene rings is 2. The number of carboxylic acid groups (broad SMARTS) is 1. The zero-order chi connectivity index (χ0) is 22.2. The number of carboxylic acids is 1. The summed E-state index contributed by atoms with van der Waals surface area (Å²) in [7, 11) is 0. The molecule has 8 heteroatoms. The van der Waals surface area contributed by atoms with Gasteiger partial charge in [-0.2, -0.15) is 0 Å². The average molecular weight is 433 g/mol. The monoisotopic (exact) mass is 433 g/mol. The Morgan fingerprint density at radius 2 is 1.71 bits per heavy atom. The van der Waals surface area contributed by atoms with Crippen LogP contribution in [-0.2, 0) is 14.3 Å². The fourth-order valence-electron chi connectivity index (χ4n) is 3.86. The summed E-state index contributed by atoms with van der Waals surface area (Å²) >= 11 is 0. The molecule has 0 bridgehead atoms. The highest BCUT2D eigenvalue weighted by molar-refractivity contribution is 5.96.